The van der Waals surface area contributed by atoms with E-state index >= 15 is 0 Å². The van der Waals surface area contributed by atoms with Crippen LogP contribution < -0.4 is 10.6 Å². The van der Waals surface area contributed by atoms with E-state index in [1.54, 1.807) is 18.9 Å². The number of alkyl halides is 3. The first-order valence-electron chi connectivity index (χ1n) is 6.80. The Morgan fingerprint density at radius 1 is 1.40 bits per heavy atom. The van der Waals surface area contributed by atoms with Crippen molar-refractivity contribution in [3.8, 4) is 0 Å². The van der Waals surface area contributed by atoms with Crippen LogP contribution in [0.15, 0.2) is 10.6 Å². The maximum absolute atomic E-state index is 12.4. The van der Waals surface area contributed by atoms with Crippen molar-refractivity contribution in [2.75, 3.05) is 16.4 Å². The fourth-order valence-corrected chi connectivity index (χ4v) is 2.22. The number of carbonyl (C=O) groups is 2. The first-order chi connectivity index (χ1) is 11.6. The smallest absolute Gasteiger partial charge is 0.360 e. The van der Waals surface area contributed by atoms with E-state index in [2.05, 4.69) is 25.9 Å². The van der Waals surface area contributed by atoms with E-state index in [9.17, 15) is 22.8 Å². The zero-order chi connectivity index (χ0) is 18.6. The van der Waals surface area contributed by atoms with Gasteiger partial charge in [-0.25, -0.2) is 0 Å². The molecule has 0 saturated heterocycles. The number of H-pyrrole nitrogens is 1. The summed E-state index contributed by atoms with van der Waals surface area (Å²) in [5.41, 5.74) is 0. The second-order valence-electron chi connectivity index (χ2n) is 4.82. The minimum Gasteiger partial charge on any atom is -0.360 e. The molecule has 0 aliphatic rings. The van der Waals surface area contributed by atoms with Gasteiger partial charge in [0.15, 0.2) is 5.82 Å². The van der Waals surface area contributed by atoms with Crippen LogP contribution in [-0.4, -0.2) is 43.2 Å². The Balaban J connectivity index is 1.79. The molecule has 0 fully saturated rings. The SMILES string of the molecule is Cc1cc(NC(=O)C(C)SCC(=O)Nc2n[nH]c(C(F)(F)F)n2)no1. The molecule has 2 heterocycles. The molecule has 25 heavy (non-hydrogen) atoms. The average Bonchev–Trinajstić information content (AvgIpc) is 3.13. The van der Waals surface area contributed by atoms with Crippen LogP contribution in [0.4, 0.5) is 24.9 Å². The van der Waals surface area contributed by atoms with E-state index in [4.69, 9.17) is 4.52 Å². The van der Waals surface area contributed by atoms with Crippen molar-refractivity contribution >= 4 is 35.3 Å². The zero-order valence-electron chi connectivity index (χ0n) is 13.0. The summed E-state index contributed by atoms with van der Waals surface area (Å²) in [7, 11) is 0. The summed E-state index contributed by atoms with van der Waals surface area (Å²) in [6.45, 7) is 3.23. The molecule has 2 rings (SSSR count). The molecule has 9 nitrogen and oxygen atoms in total. The van der Waals surface area contributed by atoms with Crippen LogP contribution in [0.25, 0.3) is 0 Å². The number of hydrogen-bond donors (Lipinski definition) is 3. The normalized spacial score (nSPS) is 12.7. The second kappa shape index (κ2) is 7.55. The van der Waals surface area contributed by atoms with Gasteiger partial charge in [-0.15, -0.1) is 16.9 Å². The Labute approximate surface area is 143 Å². The maximum Gasteiger partial charge on any atom is 0.451 e. The third-order valence-electron chi connectivity index (χ3n) is 2.72. The van der Waals surface area contributed by atoms with Crippen LogP contribution in [0.2, 0.25) is 0 Å². The number of amides is 2. The lowest BCUT2D eigenvalue weighted by atomic mass is 10.4. The topological polar surface area (TPSA) is 126 Å². The van der Waals surface area contributed by atoms with Crippen molar-refractivity contribution in [1.82, 2.24) is 20.3 Å². The number of aromatic nitrogens is 4. The van der Waals surface area contributed by atoms with Crippen LogP contribution in [0, 0.1) is 6.92 Å². The highest BCUT2D eigenvalue weighted by Crippen LogP contribution is 2.26. The highest BCUT2D eigenvalue weighted by atomic mass is 32.2. The van der Waals surface area contributed by atoms with Gasteiger partial charge in [-0.2, -0.15) is 18.2 Å². The third kappa shape index (κ3) is 5.48. The highest BCUT2D eigenvalue weighted by molar-refractivity contribution is 8.01. The van der Waals surface area contributed by atoms with E-state index in [1.807, 2.05) is 0 Å². The van der Waals surface area contributed by atoms with Gasteiger partial charge < -0.3 is 9.84 Å². The minimum atomic E-state index is -4.68. The molecular formula is C12H13F3N6O3S. The van der Waals surface area contributed by atoms with E-state index in [0.717, 1.165) is 11.8 Å². The Morgan fingerprint density at radius 3 is 2.68 bits per heavy atom. The number of hydrogen-bond acceptors (Lipinski definition) is 7. The van der Waals surface area contributed by atoms with Gasteiger partial charge in [-0.1, -0.05) is 5.16 Å². The van der Waals surface area contributed by atoms with E-state index in [0.29, 0.717) is 5.76 Å². The summed E-state index contributed by atoms with van der Waals surface area (Å²) in [6.07, 6.45) is -4.68. The average molecular weight is 378 g/mol. The van der Waals surface area contributed by atoms with Gasteiger partial charge in [0.1, 0.15) is 5.76 Å². The molecule has 2 aromatic heterocycles. The van der Waals surface area contributed by atoms with Crippen molar-refractivity contribution in [3.63, 3.8) is 0 Å². The number of nitrogens with one attached hydrogen (secondary N) is 3. The third-order valence-corrected chi connectivity index (χ3v) is 3.86. The lowest BCUT2D eigenvalue weighted by Gasteiger charge is -2.09. The standard InChI is InChI=1S/C12H13F3N6O3S/c1-5-3-7(21-24-5)16-9(23)6(2)25-4-8(22)17-11-18-10(19-20-11)12(13,14)15/h3,6H,4H2,1-2H3,(H,16,21,23)(H2,17,18,19,20,22). The Kier molecular flexibility index (Phi) is 5.66. The fraction of sp³-hybridized carbons (Fsp3) is 0.417. The van der Waals surface area contributed by atoms with Crippen molar-refractivity contribution in [1.29, 1.82) is 0 Å². The summed E-state index contributed by atoms with van der Waals surface area (Å²) < 4.78 is 41.9. The van der Waals surface area contributed by atoms with Gasteiger partial charge in [-0.3, -0.25) is 20.0 Å². The molecule has 0 aliphatic carbocycles. The number of thioether (sulfide) groups is 1. The lowest BCUT2D eigenvalue weighted by molar-refractivity contribution is -0.144. The first kappa shape index (κ1) is 18.8. The van der Waals surface area contributed by atoms with Crippen molar-refractivity contribution in [3.05, 3.63) is 17.7 Å². The summed E-state index contributed by atoms with van der Waals surface area (Å²) in [4.78, 5) is 26.7. The highest BCUT2D eigenvalue weighted by Gasteiger charge is 2.35. The van der Waals surface area contributed by atoms with Crippen LogP contribution in [-0.2, 0) is 15.8 Å². The number of nitrogens with zero attached hydrogens (tertiary/aromatic N) is 3. The molecule has 0 spiro atoms. The molecule has 0 bridgehead atoms. The quantitative estimate of drug-likeness (QED) is 0.700. The molecule has 13 heteroatoms. The van der Waals surface area contributed by atoms with Crippen LogP contribution >= 0.6 is 11.8 Å². The Morgan fingerprint density at radius 2 is 2.12 bits per heavy atom. The number of carbonyl (C=O) groups excluding carboxylic acids is 2. The van der Waals surface area contributed by atoms with Gasteiger partial charge in [0.05, 0.1) is 11.0 Å². The van der Waals surface area contributed by atoms with Gasteiger partial charge in [0.25, 0.3) is 0 Å². The lowest BCUT2D eigenvalue weighted by Crippen LogP contribution is -2.25. The first-order valence-corrected chi connectivity index (χ1v) is 7.85. The molecule has 0 aromatic carbocycles. The monoisotopic (exact) mass is 378 g/mol. The van der Waals surface area contributed by atoms with Crippen LogP contribution in [0.1, 0.15) is 18.5 Å². The van der Waals surface area contributed by atoms with E-state index in [1.165, 1.54) is 6.07 Å². The molecule has 3 N–H and O–H groups in total. The molecule has 1 unspecified atom stereocenters. The number of rotatable bonds is 6. The fourth-order valence-electron chi connectivity index (χ4n) is 1.53. The van der Waals surface area contributed by atoms with Crippen molar-refractivity contribution in [2.45, 2.75) is 25.3 Å². The second-order valence-corrected chi connectivity index (χ2v) is 6.15. The van der Waals surface area contributed by atoms with Crippen LogP contribution in [0.5, 0.6) is 0 Å². The van der Waals surface area contributed by atoms with E-state index in [-0.39, 0.29) is 11.6 Å². The Hall–Kier alpha value is -2.57. The largest absolute Gasteiger partial charge is 0.451 e. The Bertz CT molecular complexity index is 759. The predicted molar refractivity (Wildman–Crippen MR) is 81.8 cm³/mol. The van der Waals surface area contributed by atoms with Crippen molar-refractivity contribution < 1.29 is 27.3 Å². The zero-order valence-corrected chi connectivity index (χ0v) is 13.8. The molecule has 0 saturated carbocycles. The predicted octanol–water partition coefficient (Wildman–Crippen LogP) is 1.82. The number of aromatic amines is 1. The van der Waals surface area contributed by atoms with Crippen molar-refractivity contribution in [2.24, 2.45) is 0 Å². The summed E-state index contributed by atoms with van der Waals surface area (Å²) in [5.74, 6) is -2.25. The molecule has 2 amide bonds. The van der Waals surface area contributed by atoms with Gasteiger partial charge >= 0.3 is 6.18 Å². The molecular weight excluding hydrogens is 365 g/mol. The molecule has 136 valence electrons. The van der Waals surface area contributed by atoms with E-state index < -0.39 is 35.0 Å². The molecule has 2 aromatic rings. The van der Waals surface area contributed by atoms with Gasteiger partial charge in [-0.05, 0) is 13.8 Å². The van der Waals surface area contributed by atoms with Crippen LogP contribution in [0.3, 0.4) is 0 Å². The number of halogens is 3. The molecule has 1 atom stereocenters. The summed E-state index contributed by atoms with van der Waals surface area (Å²) >= 11 is 0.980. The number of anilines is 2. The van der Waals surface area contributed by atoms with Gasteiger partial charge in [0.2, 0.25) is 23.6 Å². The number of aryl methyl sites for hydroxylation is 1. The molecule has 0 radical (unpaired) electrons. The summed E-state index contributed by atoms with van der Waals surface area (Å²) in [6, 6.07) is 1.53. The maximum atomic E-state index is 12.4. The minimum absolute atomic E-state index is 0.178. The molecule has 0 aliphatic heterocycles. The summed E-state index contributed by atoms with van der Waals surface area (Å²) in [5, 5.41) is 12.5. The van der Waals surface area contributed by atoms with Gasteiger partial charge in [0, 0.05) is 6.07 Å².